The van der Waals surface area contributed by atoms with Gasteiger partial charge in [0, 0.05) is 12.5 Å². The Morgan fingerprint density at radius 3 is 2.21 bits per heavy atom. The van der Waals surface area contributed by atoms with E-state index in [9.17, 15) is 23.1 Å². The quantitative estimate of drug-likeness (QED) is 0.719. The maximum Gasteiger partial charge on any atom is 0.391 e. The Bertz CT molecular complexity index is 294. The second-order valence-electron chi connectivity index (χ2n) is 5.19. The molecule has 0 bridgehead atoms. The van der Waals surface area contributed by atoms with Crippen LogP contribution in [0, 0.1) is 0 Å². The SMILES string of the molecule is CC(C)NC(C)(CC(C)OCCC(F)(F)F)C(=O)O. The first kappa shape index (κ1) is 18.2. The molecule has 0 aromatic carbocycles. The van der Waals surface area contributed by atoms with E-state index in [1.54, 1.807) is 20.8 Å². The Kier molecular flexibility index (Phi) is 6.79. The molecular weight excluding hydrogens is 263 g/mol. The molecule has 0 aliphatic heterocycles. The second kappa shape index (κ2) is 7.09. The molecule has 0 heterocycles. The van der Waals surface area contributed by atoms with Gasteiger partial charge in [0.25, 0.3) is 0 Å². The van der Waals surface area contributed by atoms with Crippen LogP contribution in [0.4, 0.5) is 13.2 Å². The third-order valence-corrected chi connectivity index (χ3v) is 2.56. The Hall–Kier alpha value is -0.820. The molecule has 19 heavy (non-hydrogen) atoms. The van der Waals surface area contributed by atoms with Crippen molar-refractivity contribution in [2.45, 2.75) is 64.4 Å². The lowest BCUT2D eigenvalue weighted by atomic mass is 9.94. The van der Waals surface area contributed by atoms with Gasteiger partial charge in [0.2, 0.25) is 0 Å². The highest BCUT2D eigenvalue weighted by molar-refractivity contribution is 5.78. The zero-order chi connectivity index (χ0) is 15.3. The van der Waals surface area contributed by atoms with E-state index in [-0.39, 0.29) is 12.5 Å². The highest BCUT2D eigenvalue weighted by Crippen LogP contribution is 2.21. The number of hydrogen-bond acceptors (Lipinski definition) is 3. The summed E-state index contributed by atoms with van der Waals surface area (Å²) in [7, 11) is 0. The van der Waals surface area contributed by atoms with Gasteiger partial charge in [-0.15, -0.1) is 0 Å². The van der Waals surface area contributed by atoms with Crippen LogP contribution in [0.1, 0.15) is 40.5 Å². The average molecular weight is 285 g/mol. The minimum absolute atomic E-state index is 0.0523. The zero-order valence-electron chi connectivity index (χ0n) is 11.7. The van der Waals surface area contributed by atoms with Crippen molar-refractivity contribution in [2.24, 2.45) is 0 Å². The number of nitrogens with one attached hydrogen (secondary N) is 1. The minimum atomic E-state index is -4.26. The van der Waals surface area contributed by atoms with Crippen molar-refractivity contribution in [3.05, 3.63) is 0 Å². The van der Waals surface area contributed by atoms with E-state index in [2.05, 4.69) is 5.32 Å². The number of carbonyl (C=O) groups is 1. The summed E-state index contributed by atoms with van der Waals surface area (Å²) in [5, 5.41) is 12.1. The lowest BCUT2D eigenvalue weighted by molar-refractivity contribution is -0.153. The summed E-state index contributed by atoms with van der Waals surface area (Å²) in [6.45, 7) is 6.22. The summed E-state index contributed by atoms with van der Waals surface area (Å²) in [5.74, 6) is -1.05. The van der Waals surface area contributed by atoms with Gasteiger partial charge in [0.1, 0.15) is 5.54 Å². The first-order valence-corrected chi connectivity index (χ1v) is 6.16. The molecule has 2 atom stereocenters. The summed E-state index contributed by atoms with van der Waals surface area (Å²) < 4.78 is 40.9. The van der Waals surface area contributed by atoms with E-state index in [0.29, 0.717) is 0 Å². The Labute approximate surface area is 111 Å². The zero-order valence-corrected chi connectivity index (χ0v) is 11.7. The fraction of sp³-hybridized carbons (Fsp3) is 0.917. The number of ether oxygens (including phenoxy) is 1. The van der Waals surface area contributed by atoms with Gasteiger partial charge in [-0.1, -0.05) is 0 Å². The van der Waals surface area contributed by atoms with E-state index >= 15 is 0 Å². The number of aliphatic carboxylic acids is 1. The van der Waals surface area contributed by atoms with Gasteiger partial charge >= 0.3 is 12.1 Å². The first-order chi connectivity index (χ1) is 8.46. The maximum absolute atomic E-state index is 12.0. The van der Waals surface area contributed by atoms with Crippen LogP contribution < -0.4 is 5.32 Å². The number of halogens is 3. The number of carboxylic acid groups (broad SMARTS) is 1. The molecule has 114 valence electrons. The monoisotopic (exact) mass is 285 g/mol. The molecule has 0 aliphatic rings. The molecule has 0 saturated heterocycles. The Morgan fingerprint density at radius 1 is 1.32 bits per heavy atom. The van der Waals surface area contributed by atoms with Crippen LogP contribution in [0.2, 0.25) is 0 Å². The first-order valence-electron chi connectivity index (χ1n) is 6.16. The highest BCUT2D eigenvalue weighted by Gasteiger charge is 2.35. The Morgan fingerprint density at radius 2 is 1.84 bits per heavy atom. The third-order valence-electron chi connectivity index (χ3n) is 2.56. The van der Waals surface area contributed by atoms with Crippen molar-refractivity contribution in [1.82, 2.24) is 5.32 Å². The minimum Gasteiger partial charge on any atom is -0.480 e. The molecule has 0 spiro atoms. The number of rotatable bonds is 8. The van der Waals surface area contributed by atoms with E-state index in [4.69, 9.17) is 4.74 Å². The molecule has 2 unspecified atom stereocenters. The van der Waals surface area contributed by atoms with Crippen molar-refractivity contribution in [2.75, 3.05) is 6.61 Å². The van der Waals surface area contributed by atoms with Crippen LogP contribution in [0.25, 0.3) is 0 Å². The molecule has 2 N–H and O–H groups in total. The van der Waals surface area contributed by atoms with E-state index in [1.165, 1.54) is 6.92 Å². The molecule has 0 amide bonds. The maximum atomic E-state index is 12.0. The highest BCUT2D eigenvalue weighted by atomic mass is 19.4. The van der Waals surface area contributed by atoms with Gasteiger partial charge in [-0.25, -0.2) is 0 Å². The van der Waals surface area contributed by atoms with Gasteiger partial charge in [0.15, 0.2) is 0 Å². The van der Waals surface area contributed by atoms with Crippen LogP contribution in [0.3, 0.4) is 0 Å². The van der Waals surface area contributed by atoms with Crippen LogP contribution in [-0.4, -0.2) is 41.5 Å². The fourth-order valence-corrected chi connectivity index (χ4v) is 1.85. The number of alkyl halides is 3. The van der Waals surface area contributed by atoms with Gasteiger partial charge in [-0.05, 0) is 27.7 Å². The average Bonchev–Trinajstić information content (AvgIpc) is 2.12. The smallest absolute Gasteiger partial charge is 0.391 e. The predicted molar refractivity (Wildman–Crippen MR) is 65.0 cm³/mol. The van der Waals surface area contributed by atoms with E-state index in [0.717, 1.165) is 0 Å². The fourth-order valence-electron chi connectivity index (χ4n) is 1.85. The Balaban J connectivity index is 4.33. The molecule has 0 rings (SSSR count). The molecule has 0 aromatic heterocycles. The van der Waals surface area contributed by atoms with Crippen LogP contribution in [0.15, 0.2) is 0 Å². The molecule has 4 nitrogen and oxygen atoms in total. The van der Waals surface area contributed by atoms with Crippen LogP contribution in [-0.2, 0) is 9.53 Å². The van der Waals surface area contributed by atoms with Gasteiger partial charge in [-0.2, -0.15) is 13.2 Å². The van der Waals surface area contributed by atoms with Crippen LogP contribution in [0.5, 0.6) is 0 Å². The molecule has 0 aromatic rings. The number of carboxylic acids is 1. The molecule has 7 heteroatoms. The third kappa shape index (κ3) is 8.05. The lowest BCUT2D eigenvalue weighted by Gasteiger charge is -2.31. The standard InChI is InChI=1S/C12H22F3NO3/c1-8(2)16-11(4,10(17)18)7-9(3)19-6-5-12(13,14)15/h8-9,16H,5-7H2,1-4H3,(H,17,18). The lowest BCUT2D eigenvalue weighted by Crippen LogP contribution is -2.54. The van der Waals surface area contributed by atoms with Gasteiger partial charge < -0.3 is 9.84 Å². The van der Waals surface area contributed by atoms with Gasteiger partial charge in [-0.3, -0.25) is 10.1 Å². The van der Waals surface area contributed by atoms with Gasteiger partial charge in [0.05, 0.1) is 19.1 Å². The van der Waals surface area contributed by atoms with Crippen LogP contribution >= 0.6 is 0 Å². The largest absolute Gasteiger partial charge is 0.480 e. The summed E-state index contributed by atoms with van der Waals surface area (Å²) >= 11 is 0. The molecule has 0 radical (unpaired) electrons. The summed E-state index contributed by atoms with van der Waals surface area (Å²) in [6.07, 6.45) is -5.77. The van der Waals surface area contributed by atoms with Crippen molar-refractivity contribution < 1.29 is 27.8 Å². The van der Waals surface area contributed by atoms with Crippen molar-refractivity contribution >= 4 is 5.97 Å². The molecule has 0 aliphatic carbocycles. The summed E-state index contributed by atoms with van der Waals surface area (Å²) in [6, 6.07) is -0.0523. The normalized spacial score (nSPS) is 17.3. The predicted octanol–water partition coefficient (Wildman–Crippen LogP) is 2.58. The second-order valence-corrected chi connectivity index (χ2v) is 5.19. The summed E-state index contributed by atoms with van der Waals surface area (Å²) in [4.78, 5) is 11.2. The van der Waals surface area contributed by atoms with Crippen molar-refractivity contribution in [3.8, 4) is 0 Å². The molecule has 0 fully saturated rings. The topological polar surface area (TPSA) is 58.6 Å². The van der Waals surface area contributed by atoms with Crippen molar-refractivity contribution in [1.29, 1.82) is 0 Å². The van der Waals surface area contributed by atoms with E-state index < -0.39 is 36.8 Å². The molecular formula is C12H22F3NO3. The van der Waals surface area contributed by atoms with E-state index in [1.807, 2.05) is 0 Å². The van der Waals surface area contributed by atoms with Crippen molar-refractivity contribution in [3.63, 3.8) is 0 Å². The molecule has 0 saturated carbocycles. The summed E-state index contributed by atoms with van der Waals surface area (Å²) in [5.41, 5.74) is -1.22. The number of hydrogen-bond donors (Lipinski definition) is 2.